The molecule has 1 unspecified atom stereocenters. The van der Waals surface area contributed by atoms with Gasteiger partial charge in [0.25, 0.3) is 0 Å². The van der Waals surface area contributed by atoms with Crippen LogP contribution in [0.15, 0.2) is 30.5 Å². The van der Waals surface area contributed by atoms with Gasteiger partial charge < -0.3 is 15.2 Å². The van der Waals surface area contributed by atoms with Crippen molar-refractivity contribution in [1.29, 1.82) is 0 Å². The number of nitrogens with zero attached hydrogens (tertiary/aromatic N) is 1. The molecule has 0 radical (unpaired) electrons. The Morgan fingerprint density at radius 2 is 2.20 bits per heavy atom. The molecule has 20 heavy (non-hydrogen) atoms. The van der Waals surface area contributed by atoms with Gasteiger partial charge in [0, 0.05) is 36.2 Å². The van der Waals surface area contributed by atoms with E-state index in [9.17, 15) is 0 Å². The number of nitrogens with one attached hydrogen (secondary N) is 2. The summed E-state index contributed by atoms with van der Waals surface area (Å²) in [7, 11) is 0. The molecule has 1 fully saturated rings. The zero-order valence-corrected chi connectivity index (χ0v) is 12.5. The van der Waals surface area contributed by atoms with Crippen molar-refractivity contribution >= 4 is 10.9 Å². The quantitative estimate of drug-likeness (QED) is 0.876. The predicted octanol–water partition coefficient (Wildman–Crippen LogP) is 2.99. The molecule has 0 amide bonds. The smallest absolute Gasteiger partial charge is 0.0457 e. The topological polar surface area (TPSA) is 31.1 Å². The van der Waals surface area contributed by atoms with Gasteiger partial charge in [-0.1, -0.05) is 18.2 Å². The molecule has 1 atom stereocenters. The van der Waals surface area contributed by atoms with E-state index in [0.29, 0.717) is 6.04 Å². The molecule has 2 aromatic rings. The van der Waals surface area contributed by atoms with E-state index in [2.05, 4.69) is 59.5 Å². The summed E-state index contributed by atoms with van der Waals surface area (Å²) in [6.07, 6.45) is 3.46. The molecule has 0 spiro atoms. The van der Waals surface area contributed by atoms with Gasteiger partial charge in [0.05, 0.1) is 0 Å². The molecule has 1 aliphatic rings. The Kier molecular flexibility index (Phi) is 4.08. The van der Waals surface area contributed by atoms with E-state index in [1.54, 1.807) is 0 Å². The van der Waals surface area contributed by atoms with Crippen molar-refractivity contribution in [2.24, 2.45) is 5.92 Å². The largest absolute Gasteiger partial charge is 0.361 e. The van der Waals surface area contributed by atoms with Crippen LogP contribution in [-0.4, -0.2) is 35.6 Å². The van der Waals surface area contributed by atoms with Gasteiger partial charge in [0.1, 0.15) is 0 Å². The number of aromatic nitrogens is 1. The predicted molar refractivity (Wildman–Crippen MR) is 84.8 cm³/mol. The van der Waals surface area contributed by atoms with E-state index in [1.807, 2.05) is 0 Å². The Bertz CT molecular complexity index is 558. The summed E-state index contributed by atoms with van der Waals surface area (Å²) >= 11 is 0. The van der Waals surface area contributed by atoms with Crippen LogP contribution in [0.3, 0.4) is 0 Å². The summed E-state index contributed by atoms with van der Waals surface area (Å²) in [5.41, 5.74) is 2.61. The number of hydrogen-bond donors (Lipinski definition) is 2. The molecule has 1 aromatic carbocycles. The fraction of sp³-hybridized carbons (Fsp3) is 0.529. The van der Waals surface area contributed by atoms with Crippen molar-refractivity contribution in [2.45, 2.75) is 32.9 Å². The normalized spacial score (nSPS) is 20.2. The van der Waals surface area contributed by atoms with Crippen molar-refractivity contribution in [2.75, 3.05) is 19.6 Å². The number of H-pyrrole nitrogens is 1. The first-order valence-corrected chi connectivity index (χ1v) is 7.74. The van der Waals surface area contributed by atoms with Crippen molar-refractivity contribution in [3.63, 3.8) is 0 Å². The van der Waals surface area contributed by atoms with Gasteiger partial charge in [-0.05, 0) is 50.9 Å². The number of fused-ring (bicyclic) bond motifs is 1. The molecule has 1 saturated heterocycles. The van der Waals surface area contributed by atoms with Gasteiger partial charge in [-0.25, -0.2) is 0 Å². The molecule has 0 aliphatic carbocycles. The Morgan fingerprint density at radius 1 is 1.35 bits per heavy atom. The van der Waals surface area contributed by atoms with Crippen LogP contribution in [0.1, 0.15) is 25.8 Å². The average Bonchev–Trinajstić information content (AvgIpc) is 3.06. The molecule has 1 aliphatic heterocycles. The van der Waals surface area contributed by atoms with Crippen molar-refractivity contribution < 1.29 is 0 Å². The molecule has 3 nitrogen and oxygen atoms in total. The number of likely N-dealkylation sites (tertiary alicyclic amines) is 1. The van der Waals surface area contributed by atoms with Crippen LogP contribution in [0.5, 0.6) is 0 Å². The Balaban J connectivity index is 1.51. The molecule has 2 heterocycles. The van der Waals surface area contributed by atoms with Gasteiger partial charge >= 0.3 is 0 Å². The number of aromatic amines is 1. The van der Waals surface area contributed by atoms with Crippen LogP contribution in [0.25, 0.3) is 10.9 Å². The monoisotopic (exact) mass is 271 g/mol. The van der Waals surface area contributed by atoms with E-state index >= 15 is 0 Å². The van der Waals surface area contributed by atoms with Gasteiger partial charge in [-0.15, -0.1) is 0 Å². The van der Waals surface area contributed by atoms with E-state index in [-0.39, 0.29) is 0 Å². The third-order valence-electron chi connectivity index (χ3n) is 4.47. The standard InChI is InChI=1S/C17H25N3/c1-13(2)20-8-7-14(12-20)9-18-10-15-11-19-17-6-4-3-5-16(15)17/h3-6,11,13-14,18-19H,7-10,12H2,1-2H3. The van der Waals surface area contributed by atoms with Crippen molar-refractivity contribution in [3.8, 4) is 0 Å². The van der Waals surface area contributed by atoms with E-state index in [1.165, 1.54) is 36.0 Å². The van der Waals surface area contributed by atoms with Crippen molar-refractivity contribution in [3.05, 3.63) is 36.0 Å². The van der Waals surface area contributed by atoms with E-state index in [4.69, 9.17) is 0 Å². The zero-order valence-electron chi connectivity index (χ0n) is 12.5. The van der Waals surface area contributed by atoms with E-state index < -0.39 is 0 Å². The Labute approximate surface area is 121 Å². The Morgan fingerprint density at radius 3 is 3.00 bits per heavy atom. The van der Waals surface area contributed by atoms with Crippen LogP contribution in [-0.2, 0) is 6.54 Å². The summed E-state index contributed by atoms with van der Waals surface area (Å²) in [4.78, 5) is 5.92. The van der Waals surface area contributed by atoms with Gasteiger partial charge in [-0.3, -0.25) is 0 Å². The first-order valence-electron chi connectivity index (χ1n) is 7.74. The molecule has 0 bridgehead atoms. The summed E-state index contributed by atoms with van der Waals surface area (Å²) < 4.78 is 0. The second-order valence-electron chi connectivity index (χ2n) is 6.23. The summed E-state index contributed by atoms with van der Waals surface area (Å²) in [5, 5.41) is 4.98. The van der Waals surface area contributed by atoms with E-state index in [0.717, 1.165) is 19.0 Å². The summed E-state index contributed by atoms with van der Waals surface area (Å²) in [5.74, 6) is 0.808. The summed E-state index contributed by atoms with van der Waals surface area (Å²) in [6.45, 7) is 9.18. The maximum absolute atomic E-state index is 3.63. The van der Waals surface area contributed by atoms with Crippen LogP contribution >= 0.6 is 0 Å². The SMILES string of the molecule is CC(C)N1CCC(CNCc2c[nH]c3ccccc23)C1. The highest BCUT2D eigenvalue weighted by molar-refractivity contribution is 5.82. The molecule has 108 valence electrons. The van der Waals surface area contributed by atoms with Gasteiger partial charge in [-0.2, -0.15) is 0 Å². The highest BCUT2D eigenvalue weighted by Gasteiger charge is 2.23. The molecular weight excluding hydrogens is 246 g/mol. The lowest BCUT2D eigenvalue weighted by Gasteiger charge is -2.20. The lowest BCUT2D eigenvalue weighted by atomic mass is 10.1. The zero-order chi connectivity index (χ0) is 13.9. The molecule has 3 heteroatoms. The Hall–Kier alpha value is -1.32. The summed E-state index contributed by atoms with van der Waals surface area (Å²) in [6, 6.07) is 9.20. The number of rotatable bonds is 5. The van der Waals surface area contributed by atoms with Gasteiger partial charge in [0.2, 0.25) is 0 Å². The third kappa shape index (κ3) is 2.89. The second-order valence-corrected chi connectivity index (χ2v) is 6.23. The number of benzene rings is 1. The lowest BCUT2D eigenvalue weighted by molar-refractivity contribution is 0.264. The highest BCUT2D eigenvalue weighted by atomic mass is 15.2. The first kappa shape index (κ1) is 13.7. The lowest BCUT2D eigenvalue weighted by Crippen LogP contribution is -2.30. The van der Waals surface area contributed by atoms with Crippen LogP contribution in [0, 0.1) is 5.92 Å². The fourth-order valence-electron chi connectivity index (χ4n) is 3.19. The van der Waals surface area contributed by atoms with Crippen LogP contribution < -0.4 is 5.32 Å². The first-order chi connectivity index (χ1) is 9.74. The van der Waals surface area contributed by atoms with Crippen LogP contribution in [0.2, 0.25) is 0 Å². The van der Waals surface area contributed by atoms with Gasteiger partial charge in [0.15, 0.2) is 0 Å². The minimum absolute atomic E-state index is 0.689. The number of para-hydroxylation sites is 1. The number of hydrogen-bond acceptors (Lipinski definition) is 2. The third-order valence-corrected chi connectivity index (χ3v) is 4.47. The maximum Gasteiger partial charge on any atom is 0.0457 e. The van der Waals surface area contributed by atoms with Crippen LogP contribution in [0.4, 0.5) is 0 Å². The average molecular weight is 271 g/mol. The highest BCUT2D eigenvalue weighted by Crippen LogP contribution is 2.19. The van der Waals surface area contributed by atoms with Crippen molar-refractivity contribution in [1.82, 2.24) is 15.2 Å². The minimum Gasteiger partial charge on any atom is -0.361 e. The fourth-order valence-corrected chi connectivity index (χ4v) is 3.19. The molecular formula is C17H25N3. The minimum atomic E-state index is 0.689. The maximum atomic E-state index is 3.63. The molecule has 0 saturated carbocycles. The second kappa shape index (κ2) is 5.98. The molecule has 2 N–H and O–H groups in total. The molecule has 3 rings (SSSR count). The molecule has 1 aromatic heterocycles.